The molecule has 1 saturated carbocycles. The van der Waals surface area contributed by atoms with Gasteiger partial charge in [-0.15, -0.1) is 0 Å². The van der Waals surface area contributed by atoms with Gasteiger partial charge in [0.2, 0.25) is 11.8 Å². The van der Waals surface area contributed by atoms with Gasteiger partial charge in [0.25, 0.3) is 0 Å². The molecule has 1 aliphatic carbocycles. The minimum Gasteiger partial charge on any atom is -0.444 e. The number of nitrogens with zero attached hydrogens (tertiary/aromatic N) is 2. The van der Waals surface area contributed by atoms with Gasteiger partial charge in [0.1, 0.15) is 0 Å². The molecular formula is C22H25N3O4. The molecular weight excluding hydrogens is 370 g/mol. The molecule has 3 fully saturated rings. The van der Waals surface area contributed by atoms with Gasteiger partial charge in [-0.05, 0) is 43.2 Å². The summed E-state index contributed by atoms with van der Waals surface area (Å²) in [4.78, 5) is 31.3. The Balaban J connectivity index is 1.15. The number of ether oxygens (including phenoxy) is 1. The summed E-state index contributed by atoms with van der Waals surface area (Å²) in [5.41, 5.74) is 1.60. The van der Waals surface area contributed by atoms with E-state index in [0.717, 1.165) is 43.9 Å². The Morgan fingerprint density at radius 2 is 2.10 bits per heavy atom. The zero-order chi connectivity index (χ0) is 19.8. The lowest BCUT2D eigenvalue weighted by Gasteiger charge is -2.25. The summed E-state index contributed by atoms with van der Waals surface area (Å²) in [7, 11) is 0. The van der Waals surface area contributed by atoms with Gasteiger partial charge in [-0.1, -0.05) is 12.1 Å². The third-order valence-corrected chi connectivity index (χ3v) is 6.47. The molecule has 3 aliphatic rings. The zero-order valence-electron chi connectivity index (χ0n) is 16.3. The minimum absolute atomic E-state index is 0.0317. The van der Waals surface area contributed by atoms with Crippen molar-refractivity contribution in [1.82, 2.24) is 9.88 Å². The lowest BCUT2D eigenvalue weighted by Crippen LogP contribution is -2.38. The molecule has 7 nitrogen and oxygen atoms in total. The summed E-state index contributed by atoms with van der Waals surface area (Å²) in [5, 5.41) is 2.96. The molecule has 2 aromatic rings. The molecule has 5 rings (SSSR count). The molecule has 0 spiro atoms. The average molecular weight is 395 g/mol. The van der Waals surface area contributed by atoms with Crippen LogP contribution in [0.4, 0.5) is 5.69 Å². The van der Waals surface area contributed by atoms with Crippen molar-refractivity contribution < 1.29 is 18.7 Å². The van der Waals surface area contributed by atoms with Crippen LogP contribution in [0.5, 0.6) is 0 Å². The normalized spacial score (nSPS) is 27.7. The van der Waals surface area contributed by atoms with Crippen molar-refractivity contribution in [3.05, 3.63) is 36.9 Å². The van der Waals surface area contributed by atoms with Gasteiger partial charge in [0, 0.05) is 36.2 Å². The molecule has 1 N–H and O–H groups in total. The van der Waals surface area contributed by atoms with Gasteiger partial charge in [-0.3, -0.25) is 9.59 Å². The number of nitrogens with one attached hydrogen (secondary N) is 1. The Bertz CT molecular complexity index is 887. The fourth-order valence-corrected chi connectivity index (χ4v) is 4.85. The number of benzene rings is 1. The van der Waals surface area contributed by atoms with E-state index in [1.54, 1.807) is 6.20 Å². The first-order valence-electron chi connectivity index (χ1n) is 10.4. The van der Waals surface area contributed by atoms with E-state index in [4.69, 9.17) is 9.15 Å². The minimum atomic E-state index is -0.0317. The Labute approximate surface area is 169 Å². The molecule has 4 atom stereocenters. The standard InChI is InChI=1S/C22H25N3O4/c26-20(24-15-4-1-3-14(9-15)19-10-23-13-29-19)7-6-16-5-2-8-25(16)22(27)21-17-11-28-12-18(17)21/h1,3-4,9-10,13,16-18,21H,2,5-8,11-12H2,(H,24,26)/t16?,17-,18+,21?. The fraction of sp³-hybridized carbons (Fsp3) is 0.500. The van der Waals surface area contributed by atoms with Gasteiger partial charge in [-0.25, -0.2) is 4.98 Å². The van der Waals surface area contributed by atoms with Gasteiger partial charge in [0.05, 0.1) is 19.4 Å². The molecule has 1 aromatic heterocycles. The molecule has 2 aliphatic heterocycles. The molecule has 29 heavy (non-hydrogen) atoms. The van der Waals surface area contributed by atoms with Crippen LogP contribution in [0.25, 0.3) is 11.3 Å². The molecule has 2 amide bonds. The third-order valence-electron chi connectivity index (χ3n) is 6.47. The first-order valence-corrected chi connectivity index (χ1v) is 10.4. The quantitative estimate of drug-likeness (QED) is 0.813. The lowest BCUT2D eigenvalue weighted by atomic mass is 10.1. The Kier molecular flexibility index (Phi) is 4.83. The van der Waals surface area contributed by atoms with E-state index in [-0.39, 0.29) is 23.8 Å². The highest BCUT2D eigenvalue weighted by Gasteiger charge is 2.59. The summed E-state index contributed by atoms with van der Waals surface area (Å²) in [6.07, 6.45) is 6.15. The van der Waals surface area contributed by atoms with Crippen LogP contribution in [-0.2, 0) is 14.3 Å². The van der Waals surface area contributed by atoms with Crippen molar-refractivity contribution in [3.8, 4) is 11.3 Å². The number of aromatic nitrogens is 1. The van der Waals surface area contributed by atoms with E-state index in [1.165, 1.54) is 6.39 Å². The molecule has 152 valence electrons. The molecule has 0 bridgehead atoms. The second kappa shape index (κ2) is 7.63. The maximum Gasteiger partial charge on any atom is 0.226 e. The summed E-state index contributed by atoms with van der Waals surface area (Å²) in [6.45, 7) is 2.28. The molecule has 1 aromatic carbocycles. The van der Waals surface area contributed by atoms with Crippen molar-refractivity contribution in [3.63, 3.8) is 0 Å². The number of oxazole rings is 1. The molecule has 0 radical (unpaired) electrons. The van der Waals surface area contributed by atoms with Crippen LogP contribution in [0.3, 0.4) is 0 Å². The number of anilines is 1. The summed E-state index contributed by atoms with van der Waals surface area (Å²) in [5.74, 6) is 1.95. The maximum absolute atomic E-state index is 12.9. The summed E-state index contributed by atoms with van der Waals surface area (Å²) in [6, 6.07) is 7.70. The van der Waals surface area contributed by atoms with Crippen molar-refractivity contribution in [2.24, 2.45) is 17.8 Å². The van der Waals surface area contributed by atoms with Crippen LogP contribution in [-0.4, -0.2) is 47.5 Å². The van der Waals surface area contributed by atoms with E-state index in [9.17, 15) is 9.59 Å². The summed E-state index contributed by atoms with van der Waals surface area (Å²) < 4.78 is 10.7. The predicted molar refractivity (Wildman–Crippen MR) is 106 cm³/mol. The fourth-order valence-electron chi connectivity index (χ4n) is 4.85. The number of carbonyl (C=O) groups is 2. The first-order chi connectivity index (χ1) is 14.2. The van der Waals surface area contributed by atoms with Crippen LogP contribution >= 0.6 is 0 Å². The van der Waals surface area contributed by atoms with E-state index in [2.05, 4.69) is 10.3 Å². The maximum atomic E-state index is 12.9. The van der Waals surface area contributed by atoms with Gasteiger partial charge >= 0.3 is 0 Å². The highest BCUT2D eigenvalue weighted by molar-refractivity contribution is 5.91. The number of carbonyl (C=O) groups excluding carboxylic acids is 2. The monoisotopic (exact) mass is 395 g/mol. The van der Waals surface area contributed by atoms with Crippen molar-refractivity contribution in [1.29, 1.82) is 0 Å². The van der Waals surface area contributed by atoms with Gasteiger partial charge < -0.3 is 19.4 Å². The molecule has 3 heterocycles. The number of hydrogen-bond acceptors (Lipinski definition) is 5. The first kappa shape index (κ1) is 18.4. The number of fused-ring (bicyclic) bond motifs is 1. The van der Waals surface area contributed by atoms with E-state index >= 15 is 0 Å². The van der Waals surface area contributed by atoms with Crippen molar-refractivity contribution in [2.45, 2.75) is 31.7 Å². The second-order valence-corrected chi connectivity index (χ2v) is 8.25. The van der Waals surface area contributed by atoms with Crippen LogP contribution in [0.2, 0.25) is 0 Å². The number of likely N-dealkylation sites (tertiary alicyclic amines) is 1. The topological polar surface area (TPSA) is 84.7 Å². The molecule has 2 unspecified atom stereocenters. The van der Waals surface area contributed by atoms with Gasteiger partial charge in [0.15, 0.2) is 12.2 Å². The van der Waals surface area contributed by atoms with Gasteiger partial charge in [-0.2, -0.15) is 0 Å². The largest absolute Gasteiger partial charge is 0.444 e. The van der Waals surface area contributed by atoms with Crippen molar-refractivity contribution >= 4 is 17.5 Å². The highest BCUT2D eigenvalue weighted by Crippen LogP contribution is 2.52. The second-order valence-electron chi connectivity index (χ2n) is 8.25. The zero-order valence-corrected chi connectivity index (χ0v) is 16.3. The van der Waals surface area contributed by atoms with Crippen molar-refractivity contribution in [2.75, 3.05) is 25.1 Å². The lowest BCUT2D eigenvalue weighted by molar-refractivity contribution is -0.135. The Hall–Kier alpha value is -2.67. The molecule has 7 heteroatoms. The van der Waals surface area contributed by atoms with E-state index < -0.39 is 0 Å². The van der Waals surface area contributed by atoms with Crippen LogP contribution in [0.15, 0.2) is 41.3 Å². The third kappa shape index (κ3) is 3.67. The highest BCUT2D eigenvalue weighted by atomic mass is 16.5. The van der Waals surface area contributed by atoms with Crippen LogP contribution in [0, 0.1) is 17.8 Å². The number of amides is 2. The predicted octanol–water partition coefficient (Wildman–Crippen LogP) is 2.94. The van der Waals surface area contributed by atoms with Crippen LogP contribution < -0.4 is 5.32 Å². The SMILES string of the molecule is O=C(CCC1CCCN1C(=O)C1[C@H]2COC[C@@H]12)Nc1cccc(-c2cnco2)c1. The van der Waals surface area contributed by atoms with Crippen LogP contribution in [0.1, 0.15) is 25.7 Å². The number of rotatable bonds is 6. The number of hydrogen-bond donors (Lipinski definition) is 1. The Morgan fingerprint density at radius 3 is 2.90 bits per heavy atom. The Morgan fingerprint density at radius 1 is 1.24 bits per heavy atom. The van der Waals surface area contributed by atoms with E-state index in [1.807, 2.05) is 29.2 Å². The molecule has 2 saturated heterocycles. The van der Waals surface area contributed by atoms with E-state index in [0.29, 0.717) is 30.4 Å². The summed E-state index contributed by atoms with van der Waals surface area (Å²) >= 11 is 0. The average Bonchev–Trinajstić information content (AvgIpc) is 3.27. The smallest absolute Gasteiger partial charge is 0.226 e.